The zero-order valence-electron chi connectivity index (χ0n) is 15.8. The number of hydrogen-bond acceptors (Lipinski definition) is 3. The fraction of sp³-hybridized carbons (Fsp3) is 0.526. The average molecular weight is 357 g/mol. The number of carbonyl (C=O) groups is 2. The highest BCUT2D eigenvalue weighted by molar-refractivity contribution is 5.92. The molecule has 0 aliphatic carbocycles. The van der Waals surface area contributed by atoms with E-state index in [1.165, 1.54) is 0 Å². The van der Waals surface area contributed by atoms with Gasteiger partial charge in [0.05, 0.1) is 12.6 Å². The number of likely N-dealkylation sites (N-methyl/N-ethyl adjacent to an activating group) is 1. The number of carbonyl (C=O) groups excluding carboxylic acids is 2. The van der Waals surface area contributed by atoms with Crippen molar-refractivity contribution in [2.45, 2.75) is 38.8 Å². The first-order valence-electron chi connectivity index (χ1n) is 9.14. The van der Waals surface area contributed by atoms with Crippen molar-refractivity contribution in [1.29, 1.82) is 0 Å². The quantitative estimate of drug-likeness (QED) is 0.823. The molecule has 7 heteroatoms. The molecule has 0 N–H and O–H groups in total. The van der Waals surface area contributed by atoms with Gasteiger partial charge >= 0.3 is 0 Å². The fourth-order valence-electron chi connectivity index (χ4n) is 3.67. The molecule has 1 aliphatic heterocycles. The monoisotopic (exact) mass is 357 g/mol. The van der Waals surface area contributed by atoms with E-state index in [-0.39, 0.29) is 17.9 Å². The lowest BCUT2D eigenvalue weighted by Gasteiger charge is -2.35. The van der Waals surface area contributed by atoms with Crippen molar-refractivity contribution in [1.82, 2.24) is 24.1 Å². The van der Waals surface area contributed by atoms with E-state index in [1.807, 2.05) is 45.6 Å². The van der Waals surface area contributed by atoms with Gasteiger partial charge in [-0.05, 0) is 37.5 Å². The Morgan fingerprint density at radius 2 is 2.12 bits per heavy atom. The van der Waals surface area contributed by atoms with Crippen molar-refractivity contribution < 1.29 is 9.59 Å². The van der Waals surface area contributed by atoms with Gasteiger partial charge in [0, 0.05) is 52.2 Å². The largest absolute Gasteiger partial charge is 0.342 e. The Hall–Kier alpha value is -2.57. The van der Waals surface area contributed by atoms with E-state index in [2.05, 4.69) is 5.10 Å². The van der Waals surface area contributed by atoms with Gasteiger partial charge in [-0.3, -0.25) is 14.3 Å². The Morgan fingerprint density at radius 1 is 1.31 bits per heavy atom. The minimum atomic E-state index is -0.0175. The topological polar surface area (TPSA) is 63.4 Å². The molecule has 2 aromatic heterocycles. The molecule has 0 saturated carbocycles. The zero-order valence-corrected chi connectivity index (χ0v) is 15.8. The summed E-state index contributed by atoms with van der Waals surface area (Å²) in [6.45, 7) is 3.66. The van der Waals surface area contributed by atoms with Crippen LogP contribution in [0.25, 0.3) is 0 Å². The van der Waals surface area contributed by atoms with Crippen LogP contribution in [-0.4, -0.2) is 56.1 Å². The van der Waals surface area contributed by atoms with Crippen molar-refractivity contribution in [2.75, 3.05) is 20.1 Å². The molecule has 3 heterocycles. The molecule has 140 valence electrons. The van der Waals surface area contributed by atoms with Crippen LogP contribution in [0.3, 0.4) is 0 Å². The van der Waals surface area contributed by atoms with Crippen molar-refractivity contribution in [3.63, 3.8) is 0 Å². The van der Waals surface area contributed by atoms with E-state index < -0.39 is 0 Å². The highest BCUT2D eigenvalue weighted by atomic mass is 16.2. The van der Waals surface area contributed by atoms with E-state index in [0.29, 0.717) is 18.8 Å². The van der Waals surface area contributed by atoms with Crippen LogP contribution in [0.15, 0.2) is 30.6 Å². The van der Waals surface area contributed by atoms with Gasteiger partial charge in [-0.25, -0.2) is 0 Å². The summed E-state index contributed by atoms with van der Waals surface area (Å²) in [5.74, 6) is 0.0798. The third kappa shape index (κ3) is 3.66. The standard InChI is InChI=1S/C19H27N5O2/c1-15(25)24-12-5-4-7-17(24)16-8-9-18(22(16)3)19(26)21(2)13-14-23-11-6-10-20-23/h6,8-11,17H,4-5,7,12-14H2,1-3H3. The lowest BCUT2D eigenvalue weighted by Crippen LogP contribution is -2.38. The number of hydrogen-bond donors (Lipinski definition) is 0. The van der Waals surface area contributed by atoms with Gasteiger partial charge in [-0.2, -0.15) is 5.10 Å². The minimum absolute atomic E-state index is 0.0175. The SMILES string of the molecule is CC(=O)N1CCCCC1c1ccc(C(=O)N(C)CCn2cccn2)n1C. The molecule has 2 aromatic rings. The van der Waals surface area contributed by atoms with Crippen LogP contribution in [0.5, 0.6) is 0 Å². The number of likely N-dealkylation sites (tertiary alicyclic amines) is 1. The highest BCUT2D eigenvalue weighted by Gasteiger charge is 2.29. The second-order valence-corrected chi connectivity index (χ2v) is 6.92. The van der Waals surface area contributed by atoms with E-state index in [4.69, 9.17) is 0 Å². The van der Waals surface area contributed by atoms with Crippen LogP contribution in [0.1, 0.15) is 48.4 Å². The predicted octanol–water partition coefficient (Wildman–Crippen LogP) is 2.07. The van der Waals surface area contributed by atoms with Gasteiger partial charge in [-0.15, -0.1) is 0 Å². The Morgan fingerprint density at radius 3 is 2.81 bits per heavy atom. The molecule has 0 spiro atoms. The Balaban J connectivity index is 1.73. The first-order chi connectivity index (χ1) is 12.5. The van der Waals surface area contributed by atoms with Gasteiger partial charge in [0.15, 0.2) is 0 Å². The Bertz CT molecular complexity index is 765. The van der Waals surface area contributed by atoms with Crippen LogP contribution in [0.2, 0.25) is 0 Å². The summed E-state index contributed by atoms with van der Waals surface area (Å²) < 4.78 is 3.76. The van der Waals surface area contributed by atoms with Crippen molar-refractivity contribution in [3.05, 3.63) is 42.0 Å². The molecule has 0 bridgehead atoms. The molecule has 1 unspecified atom stereocenters. The minimum Gasteiger partial charge on any atom is -0.342 e. The summed E-state index contributed by atoms with van der Waals surface area (Å²) >= 11 is 0. The normalized spacial score (nSPS) is 17.3. The van der Waals surface area contributed by atoms with Crippen molar-refractivity contribution in [3.8, 4) is 0 Å². The van der Waals surface area contributed by atoms with Crippen molar-refractivity contribution >= 4 is 11.8 Å². The molecule has 1 saturated heterocycles. The highest BCUT2D eigenvalue weighted by Crippen LogP contribution is 2.31. The molecular formula is C19H27N5O2. The van der Waals surface area contributed by atoms with Crippen molar-refractivity contribution in [2.24, 2.45) is 7.05 Å². The molecule has 1 atom stereocenters. The first-order valence-corrected chi connectivity index (χ1v) is 9.14. The van der Waals surface area contributed by atoms with Gasteiger partial charge in [0.1, 0.15) is 5.69 Å². The van der Waals surface area contributed by atoms with Crippen LogP contribution in [0, 0.1) is 0 Å². The average Bonchev–Trinajstić information content (AvgIpc) is 3.28. The first kappa shape index (κ1) is 18.2. The van der Waals surface area contributed by atoms with Crippen LogP contribution >= 0.6 is 0 Å². The number of aromatic nitrogens is 3. The summed E-state index contributed by atoms with van der Waals surface area (Å²) in [4.78, 5) is 28.4. The zero-order chi connectivity index (χ0) is 18.7. The van der Waals surface area contributed by atoms with Crippen LogP contribution < -0.4 is 0 Å². The number of piperidine rings is 1. The molecule has 26 heavy (non-hydrogen) atoms. The van der Waals surface area contributed by atoms with E-state index in [9.17, 15) is 9.59 Å². The van der Waals surface area contributed by atoms with E-state index in [1.54, 1.807) is 25.1 Å². The lowest BCUT2D eigenvalue weighted by atomic mass is 9.99. The third-order valence-corrected chi connectivity index (χ3v) is 5.20. The Labute approximate surface area is 154 Å². The maximum Gasteiger partial charge on any atom is 0.270 e. The third-order valence-electron chi connectivity index (χ3n) is 5.20. The summed E-state index contributed by atoms with van der Waals surface area (Å²) in [7, 11) is 3.72. The second kappa shape index (κ2) is 7.76. The van der Waals surface area contributed by atoms with Gasteiger partial charge in [0.25, 0.3) is 5.91 Å². The molecule has 7 nitrogen and oxygen atoms in total. The van der Waals surface area contributed by atoms with Gasteiger partial charge < -0.3 is 14.4 Å². The second-order valence-electron chi connectivity index (χ2n) is 6.92. The molecule has 0 aromatic carbocycles. The maximum atomic E-state index is 12.8. The maximum absolute atomic E-state index is 12.8. The molecule has 1 fully saturated rings. The summed E-state index contributed by atoms with van der Waals surface area (Å²) in [5, 5.41) is 4.16. The Kier molecular flexibility index (Phi) is 5.44. The van der Waals surface area contributed by atoms with Crippen LogP contribution in [0.4, 0.5) is 0 Å². The van der Waals surface area contributed by atoms with Gasteiger partial charge in [0.2, 0.25) is 5.91 Å². The molecule has 2 amide bonds. The molecule has 3 rings (SSSR count). The number of nitrogens with zero attached hydrogens (tertiary/aromatic N) is 5. The number of amides is 2. The fourth-order valence-corrected chi connectivity index (χ4v) is 3.67. The molecule has 0 radical (unpaired) electrons. The number of rotatable bonds is 5. The van der Waals surface area contributed by atoms with Crippen LogP contribution in [-0.2, 0) is 18.4 Å². The van der Waals surface area contributed by atoms with Gasteiger partial charge in [-0.1, -0.05) is 0 Å². The van der Waals surface area contributed by atoms with E-state index in [0.717, 1.165) is 31.5 Å². The predicted molar refractivity (Wildman–Crippen MR) is 98.6 cm³/mol. The molecule has 1 aliphatic rings. The summed E-state index contributed by atoms with van der Waals surface area (Å²) in [5.41, 5.74) is 1.68. The summed E-state index contributed by atoms with van der Waals surface area (Å²) in [6, 6.07) is 5.79. The van der Waals surface area contributed by atoms with E-state index >= 15 is 0 Å². The smallest absolute Gasteiger partial charge is 0.270 e. The summed E-state index contributed by atoms with van der Waals surface area (Å²) in [6.07, 6.45) is 6.71. The molecular weight excluding hydrogens is 330 g/mol. The lowest BCUT2D eigenvalue weighted by molar-refractivity contribution is -0.132.